The average Bonchev–Trinajstić information content (AvgIpc) is 3.37. The van der Waals surface area contributed by atoms with E-state index in [1.165, 1.54) is 11.9 Å². The van der Waals surface area contributed by atoms with Crippen molar-refractivity contribution in [3.05, 3.63) is 100 Å². The van der Waals surface area contributed by atoms with Gasteiger partial charge in [-0.1, -0.05) is 47.5 Å². The maximum atomic E-state index is 6.24. The minimum absolute atomic E-state index is 0.170. The van der Waals surface area contributed by atoms with E-state index in [0.717, 1.165) is 16.8 Å². The van der Waals surface area contributed by atoms with Gasteiger partial charge in [0.25, 0.3) is 0 Å². The number of ether oxygens (including phenoxy) is 2. The molecule has 8 heteroatoms. The van der Waals surface area contributed by atoms with Crippen LogP contribution in [-0.4, -0.2) is 21.9 Å². The van der Waals surface area contributed by atoms with E-state index in [9.17, 15) is 0 Å². The third-order valence-corrected chi connectivity index (χ3v) is 5.90. The van der Waals surface area contributed by atoms with Gasteiger partial charge in [-0.2, -0.15) is 5.10 Å². The number of hydrogen-bond acceptors (Lipinski definition) is 5. The maximum absolute atomic E-state index is 6.24. The summed E-state index contributed by atoms with van der Waals surface area (Å²) in [5.41, 5.74) is 4.11. The van der Waals surface area contributed by atoms with Gasteiger partial charge < -0.3 is 14.8 Å². The summed E-state index contributed by atoms with van der Waals surface area (Å²) in [5.74, 6) is 1.33. The highest BCUT2D eigenvalue weighted by atomic mass is 35.5. The molecule has 1 heterocycles. The molecule has 170 valence electrons. The normalized spacial score (nSPS) is 11.9. The molecule has 0 bridgehead atoms. The van der Waals surface area contributed by atoms with Crippen molar-refractivity contribution in [3.63, 3.8) is 0 Å². The van der Waals surface area contributed by atoms with Crippen molar-refractivity contribution in [2.75, 3.05) is 7.11 Å². The Labute approximate surface area is 203 Å². The average molecular weight is 483 g/mol. The van der Waals surface area contributed by atoms with Crippen molar-refractivity contribution in [2.24, 2.45) is 0 Å². The molecular weight excluding hydrogens is 459 g/mol. The van der Waals surface area contributed by atoms with Crippen LogP contribution in [0.1, 0.15) is 29.7 Å². The predicted octanol–water partition coefficient (Wildman–Crippen LogP) is 6.01. The van der Waals surface area contributed by atoms with Gasteiger partial charge >= 0.3 is 0 Å². The molecule has 0 saturated carbocycles. The number of halogens is 2. The minimum Gasteiger partial charge on any atom is -0.493 e. The van der Waals surface area contributed by atoms with Gasteiger partial charge in [0.1, 0.15) is 19.3 Å². The summed E-state index contributed by atoms with van der Waals surface area (Å²) < 4.78 is 13.2. The van der Waals surface area contributed by atoms with E-state index >= 15 is 0 Å². The fourth-order valence-electron chi connectivity index (χ4n) is 3.38. The van der Waals surface area contributed by atoms with Crippen LogP contribution >= 0.6 is 23.2 Å². The summed E-state index contributed by atoms with van der Waals surface area (Å²) in [4.78, 5) is 3.98. The van der Waals surface area contributed by atoms with Gasteiger partial charge in [0, 0.05) is 28.2 Å². The Balaban J connectivity index is 1.36. The fraction of sp³-hybridized carbons (Fsp3) is 0.200. The fourth-order valence-corrected chi connectivity index (χ4v) is 3.84. The monoisotopic (exact) mass is 482 g/mol. The molecular formula is C25H24Cl2N4O2. The summed E-state index contributed by atoms with van der Waals surface area (Å²) in [6.07, 6.45) is 3.21. The number of aromatic nitrogens is 3. The van der Waals surface area contributed by atoms with Crippen LogP contribution in [-0.2, 0) is 13.2 Å². The van der Waals surface area contributed by atoms with Crippen LogP contribution in [0.4, 0.5) is 0 Å². The Morgan fingerprint density at radius 3 is 2.52 bits per heavy atom. The second-order valence-electron chi connectivity index (χ2n) is 7.54. The Morgan fingerprint density at radius 1 is 1.00 bits per heavy atom. The topological polar surface area (TPSA) is 61.2 Å². The quantitative estimate of drug-likeness (QED) is 0.316. The largest absolute Gasteiger partial charge is 0.493 e. The van der Waals surface area contributed by atoms with Gasteiger partial charge in [0.2, 0.25) is 0 Å². The summed E-state index contributed by atoms with van der Waals surface area (Å²) >= 11 is 12.2. The lowest BCUT2D eigenvalue weighted by molar-refractivity contribution is 0.284. The zero-order valence-corrected chi connectivity index (χ0v) is 19.8. The summed E-state index contributed by atoms with van der Waals surface area (Å²) in [5, 5.41) is 8.87. The molecule has 0 radical (unpaired) electrons. The summed E-state index contributed by atoms with van der Waals surface area (Å²) in [7, 11) is 1.63. The molecule has 4 rings (SSSR count). The van der Waals surface area contributed by atoms with E-state index in [-0.39, 0.29) is 6.04 Å². The number of benzene rings is 3. The van der Waals surface area contributed by atoms with Crippen LogP contribution < -0.4 is 14.8 Å². The second-order valence-corrected chi connectivity index (χ2v) is 8.39. The minimum atomic E-state index is 0.170. The van der Waals surface area contributed by atoms with Crippen LogP contribution in [0.5, 0.6) is 11.5 Å². The molecule has 33 heavy (non-hydrogen) atoms. The molecule has 0 aliphatic carbocycles. The SMILES string of the molecule is COc1cc(CNC(C)c2ccc(-n3cncn3)cc2)ccc1OCc1ccc(Cl)cc1Cl. The lowest BCUT2D eigenvalue weighted by atomic mass is 10.1. The van der Waals surface area contributed by atoms with Gasteiger partial charge in [0.15, 0.2) is 11.5 Å². The standard InChI is InChI=1S/C25H24Cl2N4O2/c1-17(19-5-8-22(9-6-19)31-16-28-15-30-31)29-13-18-3-10-24(25(11-18)32-2)33-14-20-4-7-21(26)12-23(20)27/h3-12,15-17,29H,13-14H2,1-2H3. The van der Waals surface area contributed by atoms with Gasteiger partial charge in [-0.15, -0.1) is 0 Å². The molecule has 1 aromatic heterocycles. The van der Waals surface area contributed by atoms with Crippen molar-refractivity contribution >= 4 is 23.2 Å². The first kappa shape index (κ1) is 23.1. The highest BCUT2D eigenvalue weighted by Crippen LogP contribution is 2.30. The van der Waals surface area contributed by atoms with Crippen LogP contribution in [0, 0.1) is 0 Å². The van der Waals surface area contributed by atoms with E-state index in [4.69, 9.17) is 32.7 Å². The van der Waals surface area contributed by atoms with E-state index in [2.05, 4.69) is 34.5 Å². The van der Waals surface area contributed by atoms with Crippen LogP contribution in [0.3, 0.4) is 0 Å². The number of hydrogen-bond donors (Lipinski definition) is 1. The number of methoxy groups -OCH3 is 1. The smallest absolute Gasteiger partial charge is 0.161 e. The molecule has 1 unspecified atom stereocenters. The zero-order valence-electron chi connectivity index (χ0n) is 18.3. The van der Waals surface area contributed by atoms with Gasteiger partial charge in [-0.3, -0.25) is 0 Å². The number of nitrogens with one attached hydrogen (secondary N) is 1. The van der Waals surface area contributed by atoms with Crippen LogP contribution in [0.15, 0.2) is 73.3 Å². The molecule has 0 saturated heterocycles. The van der Waals surface area contributed by atoms with Crippen molar-refractivity contribution in [1.82, 2.24) is 20.1 Å². The molecule has 1 N–H and O–H groups in total. The molecule has 0 aliphatic heterocycles. The molecule has 0 aliphatic rings. The molecule has 0 spiro atoms. The predicted molar refractivity (Wildman–Crippen MR) is 130 cm³/mol. The van der Waals surface area contributed by atoms with Gasteiger partial charge in [-0.05, 0) is 54.4 Å². The summed E-state index contributed by atoms with van der Waals surface area (Å²) in [6, 6.07) is 19.7. The van der Waals surface area contributed by atoms with Crippen molar-refractivity contribution in [2.45, 2.75) is 26.1 Å². The molecule has 1 atom stereocenters. The Morgan fingerprint density at radius 2 is 1.82 bits per heavy atom. The molecule has 3 aromatic carbocycles. The number of nitrogens with zero attached hydrogens (tertiary/aromatic N) is 3. The van der Waals surface area contributed by atoms with Crippen LogP contribution in [0.2, 0.25) is 10.0 Å². The zero-order chi connectivity index (χ0) is 23.2. The lowest BCUT2D eigenvalue weighted by Gasteiger charge is -2.16. The Hall–Kier alpha value is -3.06. The molecule has 6 nitrogen and oxygen atoms in total. The highest BCUT2D eigenvalue weighted by Gasteiger charge is 2.10. The maximum Gasteiger partial charge on any atom is 0.161 e. The molecule has 0 amide bonds. The van der Waals surface area contributed by atoms with E-state index < -0.39 is 0 Å². The van der Waals surface area contributed by atoms with Crippen molar-refractivity contribution in [3.8, 4) is 17.2 Å². The van der Waals surface area contributed by atoms with E-state index in [1.807, 2.05) is 36.4 Å². The lowest BCUT2D eigenvalue weighted by Crippen LogP contribution is -2.18. The third-order valence-electron chi connectivity index (χ3n) is 5.32. The third kappa shape index (κ3) is 5.85. The van der Waals surface area contributed by atoms with Gasteiger partial charge in [0.05, 0.1) is 12.8 Å². The second kappa shape index (κ2) is 10.7. The van der Waals surface area contributed by atoms with Crippen molar-refractivity contribution in [1.29, 1.82) is 0 Å². The number of rotatable bonds is 9. The Kier molecular flexibility index (Phi) is 7.50. The van der Waals surface area contributed by atoms with E-state index in [0.29, 0.717) is 34.7 Å². The van der Waals surface area contributed by atoms with E-state index in [1.54, 1.807) is 30.3 Å². The first-order valence-electron chi connectivity index (χ1n) is 10.5. The van der Waals surface area contributed by atoms with Crippen LogP contribution in [0.25, 0.3) is 5.69 Å². The first-order valence-corrected chi connectivity index (χ1v) is 11.2. The summed E-state index contributed by atoms with van der Waals surface area (Å²) in [6.45, 7) is 3.15. The van der Waals surface area contributed by atoms with Gasteiger partial charge in [-0.25, -0.2) is 9.67 Å². The first-order chi connectivity index (χ1) is 16.0. The Bertz CT molecular complexity index is 1200. The highest BCUT2D eigenvalue weighted by molar-refractivity contribution is 6.35. The molecule has 0 fully saturated rings. The van der Waals surface area contributed by atoms with Crippen molar-refractivity contribution < 1.29 is 9.47 Å². The molecule has 4 aromatic rings.